The minimum absolute atomic E-state index is 0.000678. The van der Waals surface area contributed by atoms with Gasteiger partial charge in [0.25, 0.3) is 5.69 Å². The van der Waals surface area contributed by atoms with E-state index in [1.54, 1.807) is 0 Å². The Morgan fingerprint density at radius 2 is 2.05 bits per heavy atom. The topological polar surface area (TPSA) is 88.3 Å². The highest BCUT2D eigenvalue weighted by Gasteiger charge is 2.36. The third-order valence-electron chi connectivity index (χ3n) is 4.09. The predicted octanol–water partition coefficient (Wildman–Crippen LogP) is 2.73. The van der Waals surface area contributed by atoms with Crippen LogP contribution in [0.1, 0.15) is 39.5 Å². The normalized spacial score (nSPS) is 20.4. The lowest BCUT2D eigenvalue weighted by Crippen LogP contribution is -2.42. The van der Waals surface area contributed by atoms with Gasteiger partial charge in [0.05, 0.1) is 16.6 Å². The van der Waals surface area contributed by atoms with Crippen molar-refractivity contribution in [3.05, 3.63) is 28.4 Å². The lowest BCUT2D eigenvalue weighted by molar-refractivity contribution is -0.384. The Balaban J connectivity index is 1.95. The number of pyridine rings is 1. The molecule has 1 aliphatic carbocycles. The number of hydrogen-bond donors (Lipinski definition) is 2. The Bertz CT molecular complexity index is 492. The Morgan fingerprint density at radius 1 is 1.40 bits per heavy atom. The largest absolute Gasteiger partial charge is 0.388 e. The lowest BCUT2D eigenvalue weighted by Gasteiger charge is -2.40. The molecule has 20 heavy (non-hydrogen) atoms. The van der Waals surface area contributed by atoms with Gasteiger partial charge in [-0.1, -0.05) is 13.8 Å². The summed E-state index contributed by atoms with van der Waals surface area (Å²) in [6.45, 7) is 4.79. The molecule has 1 fully saturated rings. The van der Waals surface area contributed by atoms with Crippen molar-refractivity contribution < 1.29 is 10.0 Å². The molecule has 0 aromatic carbocycles. The van der Waals surface area contributed by atoms with Crippen molar-refractivity contribution in [2.45, 2.75) is 45.1 Å². The van der Waals surface area contributed by atoms with Crippen LogP contribution in [-0.2, 0) is 0 Å². The lowest BCUT2D eigenvalue weighted by atomic mass is 9.71. The molecule has 0 bridgehead atoms. The maximum atomic E-state index is 10.7. The fourth-order valence-electron chi connectivity index (χ4n) is 2.45. The molecule has 0 atom stereocenters. The maximum absolute atomic E-state index is 10.7. The highest BCUT2D eigenvalue weighted by atomic mass is 16.6. The van der Waals surface area contributed by atoms with Crippen LogP contribution in [0.3, 0.4) is 0 Å². The molecule has 0 saturated heterocycles. The van der Waals surface area contributed by atoms with Crippen molar-refractivity contribution in [3.63, 3.8) is 0 Å². The second-order valence-electron chi connectivity index (χ2n) is 6.40. The van der Waals surface area contributed by atoms with Crippen LogP contribution in [-0.4, -0.2) is 27.2 Å². The molecule has 0 radical (unpaired) electrons. The van der Waals surface area contributed by atoms with Crippen molar-refractivity contribution in [1.29, 1.82) is 0 Å². The third kappa shape index (κ3) is 3.66. The summed E-state index contributed by atoms with van der Waals surface area (Å²) in [6, 6.07) is 2.74. The van der Waals surface area contributed by atoms with Crippen molar-refractivity contribution in [2.24, 2.45) is 5.41 Å². The Hall–Kier alpha value is -1.69. The molecule has 1 aliphatic rings. The summed E-state index contributed by atoms with van der Waals surface area (Å²) in [4.78, 5) is 14.3. The summed E-state index contributed by atoms with van der Waals surface area (Å²) < 4.78 is 0. The average Bonchev–Trinajstić information content (AvgIpc) is 2.41. The van der Waals surface area contributed by atoms with E-state index >= 15 is 0 Å². The zero-order valence-corrected chi connectivity index (χ0v) is 11.9. The number of nitro groups is 1. The molecule has 1 aromatic heterocycles. The van der Waals surface area contributed by atoms with Crippen LogP contribution in [0.2, 0.25) is 0 Å². The van der Waals surface area contributed by atoms with Gasteiger partial charge in [-0.3, -0.25) is 10.1 Å². The second kappa shape index (κ2) is 5.36. The molecule has 2 rings (SSSR count). The fraction of sp³-hybridized carbons (Fsp3) is 0.643. The Morgan fingerprint density at radius 3 is 2.65 bits per heavy atom. The summed E-state index contributed by atoms with van der Waals surface area (Å²) in [5.74, 6) is 0.428. The van der Waals surface area contributed by atoms with Crippen LogP contribution in [0, 0.1) is 15.5 Å². The predicted molar refractivity (Wildman–Crippen MR) is 76.6 cm³/mol. The third-order valence-corrected chi connectivity index (χ3v) is 4.09. The van der Waals surface area contributed by atoms with Crippen molar-refractivity contribution in [3.8, 4) is 0 Å². The van der Waals surface area contributed by atoms with E-state index in [0.29, 0.717) is 12.4 Å². The van der Waals surface area contributed by atoms with Gasteiger partial charge in [0.1, 0.15) is 5.82 Å². The molecular weight excluding hydrogens is 258 g/mol. The Labute approximate surface area is 118 Å². The number of nitrogens with one attached hydrogen (secondary N) is 1. The van der Waals surface area contributed by atoms with Crippen LogP contribution in [0.4, 0.5) is 11.5 Å². The van der Waals surface area contributed by atoms with Crippen molar-refractivity contribution in [2.75, 3.05) is 11.9 Å². The summed E-state index contributed by atoms with van der Waals surface area (Å²) in [5, 5.41) is 24.2. The van der Waals surface area contributed by atoms with Crippen LogP contribution >= 0.6 is 0 Å². The van der Waals surface area contributed by atoms with Gasteiger partial charge in [-0.2, -0.15) is 0 Å². The smallest absolute Gasteiger partial charge is 0.274 e. The number of rotatable bonds is 4. The first-order valence-electron chi connectivity index (χ1n) is 6.86. The molecule has 1 heterocycles. The van der Waals surface area contributed by atoms with E-state index in [1.807, 2.05) is 0 Å². The number of aromatic nitrogens is 1. The first kappa shape index (κ1) is 14.7. The van der Waals surface area contributed by atoms with E-state index in [9.17, 15) is 15.2 Å². The summed E-state index contributed by atoms with van der Waals surface area (Å²) in [6.07, 6.45) is 4.83. The van der Waals surface area contributed by atoms with Crippen LogP contribution in [0.25, 0.3) is 0 Å². The Kier molecular flexibility index (Phi) is 3.94. The van der Waals surface area contributed by atoms with E-state index in [4.69, 9.17) is 0 Å². The molecule has 0 spiro atoms. The molecule has 0 unspecified atom stereocenters. The van der Waals surface area contributed by atoms with Gasteiger partial charge in [0.15, 0.2) is 0 Å². The van der Waals surface area contributed by atoms with Crippen LogP contribution in [0.15, 0.2) is 18.3 Å². The van der Waals surface area contributed by atoms with Gasteiger partial charge in [-0.05, 0) is 31.1 Å². The molecule has 1 saturated carbocycles. The van der Waals surface area contributed by atoms with E-state index in [1.165, 1.54) is 18.3 Å². The van der Waals surface area contributed by atoms with Gasteiger partial charge < -0.3 is 10.4 Å². The molecule has 110 valence electrons. The minimum Gasteiger partial charge on any atom is -0.388 e. The quantitative estimate of drug-likeness (QED) is 0.653. The van der Waals surface area contributed by atoms with Gasteiger partial charge >= 0.3 is 0 Å². The molecule has 6 heteroatoms. The van der Waals surface area contributed by atoms with Crippen molar-refractivity contribution >= 4 is 11.5 Å². The minimum atomic E-state index is -0.748. The highest BCUT2D eigenvalue weighted by Crippen LogP contribution is 2.40. The summed E-state index contributed by atoms with van der Waals surface area (Å²) in [7, 11) is 0. The first-order valence-corrected chi connectivity index (χ1v) is 6.86. The van der Waals surface area contributed by atoms with Crippen LogP contribution in [0.5, 0.6) is 0 Å². The zero-order chi connectivity index (χ0) is 14.8. The van der Waals surface area contributed by atoms with Gasteiger partial charge in [0, 0.05) is 18.8 Å². The summed E-state index contributed by atoms with van der Waals surface area (Å²) >= 11 is 0. The average molecular weight is 279 g/mol. The molecule has 6 nitrogen and oxygen atoms in total. The number of aliphatic hydroxyl groups is 1. The summed E-state index contributed by atoms with van der Waals surface area (Å²) in [5.41, 5.74) is -0.461. The van der Waals surface area contributed by atoms with Gasteiger partial charge in [-0.25, -0.2) is 4.98 Å². The van der Waals surface area contributed by atoms with Crippen molar-refractivity contribution in [1.82, 2.24) is 4.98 Å². The molecule has 0 amide bonds. The van der Waals surface area contributed by atoms with E-state index in [-0.39, 0.29) is 11.1 Å². The number of hydrogen-bond acceptors (Lipinski definition) is 5. The monoisotopic (exact) mass is 279 g/mol. The number of nitrogens with zero attached hydrogens (tertiary/aromatic N) is 2. The fourth-order valence-corrected chi connectivity index (χ4v) is 2.45. The zero-order valence-electron chi connectivity index (χ0n) is 11.9. The van der Waals surface area contributed by atoms with E-state index in [0.717, 1.165) is 25.7 Å². The van der Waals surface area contributed by atoms with Gasteiger partial charge in [-0.15, -0.1) is 0 Å². The van der Waals surface area contributed by atoms with E-state index < -0.39 is 10.5 Å². The second-order valence-corrected chi connectivity index (χ2v) is 6.40. The van der Waals surface area contributed by atoms with Gasteiger partial charge in [0.2, 0.25) is 0 Å². The van der Waals surface area contributed by atoms with Crippen LogP contribution < -0.4 is 5.32 Å². The maximum Gasteiger partial charge on any atom is 0.274 e. The van der Waals surface area contributed by atoms with E-state index in [2.05, 4.69) is 24.1 Å². The standard InChI is InChI=1S/C14H21N3O3/c1-13(2)4-6-14(18,7-5-13)10-16-12-9-11(17(19)20)3-8-15-12/h3,8-9,18H,4-7,10H2,1-2H3,(H,15,16). The molecule has 0 aliphatic heterocycles. The molecule has 1 aromatic rings. The number of anilines is 1. The first-order chi connectivity index (χ1) is 9.30. The highest BCUT2D eigenvalue weighted by molar-refractivity contribution is 5.44. The molecular formula is C14H21N3O3. The molecule has 2 N–H and O–H groups in total. The SMILES string of the molecule is CC1(C)CCC(O)(CNc2cc([N+](=O)[O-])ccn2)CC1.